The summed E-state index contributed by atoms with van der Waals surface area (Å²) in [5.74, 6) is 1.44. The highest BCUT2D eigenvalue weighted by atomic mass is 32.2. The summed E-state index contributed by atoms with van der Waals surface area (Å²) in [4.78, 5) is 14.8. The van der Waals surface area contributed by atoms with E-state index in [-0.39, 0.29) is 5.92 Å². The summed E-state index contributed by atoms with van der Waals surface area (Å²) < 4.78 is 0.982. The number of benzene rings is 3. The van der Waals surface area contributed by atoms with Gasteiger partial charge in [0.15, 0.2) is 5.82 Å². The molecule has 0 radical (unpaired) electrons. The zero-order valence-corrected chi connectivity index (χ0v) is 18.0. The third-order valence-corrected chi connectivity index (χ3v) is 6.55. The van der Waals surface area contributed by atoms with Crippen molar-refractivity contribution in [1.29, 1.82) is 0 Å². The van der Waals surface area contributed by atoms with E-state index in [0.717, 1.165) is 26.9 Å². The molecule has 0 saturated carbocycles. The molecule has 4 aromatic rings. The monoisotopic (exact) mass is 415 g/mol. The highest BCUT2D eigenvalue weighted by Gasteiger charge is 2.21. The van der Waals surface area contributed by atoms with Crippen LogP contribution in [0.3, 0.4) is 0 Å². The van der Waals surface area contributed by atoms with Crippen molar-refractivity contribution < 1.29 is 0 Å². The Balaban J connectivity index is 1.96. The van der Waals surface area contributed by atoms with Crippen molar-refractivity contribution in [2.24, 2.45) is 4.99 Å². The number of thioether (sulfide) groups is 2. The van der Waals surface area contributed by atoms with Crippen LogP contribution in [-0.4, -0.2) is 26.9 Å². The standard InChI is InChI=1S/C24H21N3S2/c1-28-24(29-2)27-22-19-15-9-10-16-20(19)25-23(26-22)21(17-11-5-3-6-12-17)18-13-7-4-8-14-18/h3-16,21H,1-2H3. The van der Waals surface area contributed by atoms with E-state index in [4.69, 9.17) is 15.0 Å². The molecule has 5 heteroatoms. The Hall–Kier alpha value is -2.63. The van der Waals surface area contributed by atoms with Crippen LogP contribution in [0.5, 0.6) is 0 Å². The van der Waals surface area contributed by atoms with Crippen LogP contribution in [0, 0.1) is 0 Å². The van der Waals surface area contributed by atoms with Crippen LogP contribution in [0.4, 0.5) is 5.82 Å². The van der Waals surface area contributed by atoms with Gasteiger partial charge in [0.05, 0.1) is 11.4 Å². The number of aliphatic imine (C=N–C) groups is 1. The maximum Gasteiger partial charge on any atom is 0.165 e. The molecule has 0 spiro atoms. The van der Waals surface area contributed by atoms with Gasteiger partial charge in [-0.1, -0.05) is 72.8 Å². The van der Waals surface area contributed by atoms with Gasteiger partial charge in [-0.2, -0.15) is 0 Å². The van der Waals surface area contributed by atoms with Gasteiger partial charge in [-0.25, -0.2) is 15.0 Å². The van der Waals surface area contributed by atoms with E-state index in [1.807, 2.05) is 48.9 Å². The Bertz CT molecular complexity index is 1080. The molecule has 0 aliphatic carbocycles. The zero-order valence-electron chi connectivity index (χ0n) is 16.3. The minimum Gasteiger partial charge on any atom is -0.232 e. The fourth-order valence-electron chi connectivity index (χ4n) is 3.33. The normalized spacial score (nSPS) is 11.0. The summed E-state index contributed by atoms with van der Waals surface area (Å²) in [6, 6.07) is 28.9. The predicted octanol–water partition coefficient (Wildman–Crippen LogP) is 6.52. The SMILES string of the molecule is CSC(=Nc1nc(C(c2ccccc2)c2ccccc2)nc2ccccc12)SC. The molecule has 29 heavy (non-hydrogen) atoms. The molecule has 3 aromatic carbocycles. The van der Waals surface area contributed by atoms with Crippen molar-refractivity contribution in [1.82, 2.24) is 9.97 Å². The van der Waals surface area contributed by atoms with Gasteiger partial charge in [0.2, 0.25) is 0 Å². The van der Waals surface area contributed by atoms with Crippen molar-refractivity contribution in [2.75, 3.05) is 12.5 Å². The van der Waals surface area contributed by atoms with Crippen LogP contribution in [0.1, 0.15) is 22.9 Å². The largest absolute Gasteiger partial charge is 0.232 e. The topological polar surface area (TPSA) is 38.1 Å². The van der Waals surface area contributed by atoms with E-state index >= 15 is 0 Å². The number of hydrogen-bond acceptors (Lipinski definition) is 5. The summed E-state index contributed by atoms with van der Waals surface area (Å²) in [5.41, 5.74) is 3.24. The molecular weight excluding hydrogens is 394 g/mol. The van der Waals surface area contributed by atoms with Crippen LogP contribution < -0.4 is 0 Å². The van der Waals surface area contributed by atoms with Gasteiger partial charge in [-0.05, 0) is 35.8 Å². The minimum atomic E-state index is -0.0528. The second kappa shape index (κ2) is 9.25. The molecule has 0 fully saturated rings. The van der Waals surface area contributed by atoms with Gasteiger partial charge in [0.1, 0.15) is 10.2 Å². The van der Waals surface area contributed by atoms with Gasteiger partial charge in [0.25, 0.3) is 0 Å². The lowest BCUT2D eigenvalue weighted by Gasteiger charge is -2.18. The Morgan fingerprint density at radius 3 is 1.86 bits per heavy atom. The summed E-state index contributed by atoms with van der Waals surface area (Å²) in [7, 11) is 0. The third kappa shape index (κ3) is 4.36. The van der Waals surface area contributed by atoms with Gasteiger partial charge in [-0.15, -0.1) is 23.5 Å². The van der Waals surface area contributed by atoms with Crippen molar-refractivity contribution in [2.45, 2.75) is 5.92 Å². The first-order valence-corrected chi connectivity index (χ1v) is 11.8. The fraction of sp³-hybridized carbons (Fsp3) is 0.125. The van der Waals surface area contributed by atoms with E-state index in [1.54, 1.807) is 23.5 Å². The van der Waals surface area contributed by atoms with Crippen LogP contribution >= 0.6 is 23.5 Å². The number of nitrogens with zero attached hydrogens (tertiary/aromatic N) is 3. The second-order valence-corrected chi connectivity index (χ2v) is 8.31. The molecule has 0 unspecified atom stereocenters. The first kappa shape index (κ1) is 19.7. The molecule has 0 saturated heterocycles. The van der Waals surface area contributed by atoms with E-state index in [1.165, 1.54) is 11.1 Å². The molecule has 0 aliphatic heterocycles. The molecule has 0 aliphatic rings. The lowest BCUT2D eigenvalue weighted by Crippen LogP contribution is -2.08. The van der Waals surface area contributed by atoms with Crippen LogP contribution in [0.25, 0.3) is 10.9 Å². The highest BCUT2D eigenvalue weighted by molar-refractivity contribution is 8.38. The Labute approximate surface area is 179 Å². The third-order valence-electron chi connectivity index (χ3n) is 4.67. The average Bonchev–Trinajstić information content (AvgIpc) is 2.79. The highest BCUT2D eigenvalue weighted by Crippen LogP contribution is 2.33. The van der Waals surface area contributed by atoms with Gasteiger partial charge < -0.3 is 0 Å². The zero-order chi connectivity index (χ0) is 20.1. The fourth-order valence-corrected chi connectivity index (χ4v) is 4.36. The lowest BCUT2D eigenvalue weighted by molar-refractivity contribution is 0.868. The molecule has 0 atom stereocenters. The number of fused-ring (bicyclic) bond motifs is 1. The summed E-state index contributed by atoms with van der Waals surface area (Å²) in [6.07, 6.45) is 4.08. The van der Waals surface area contributed by atoms with E-state index in [0.29, 0.717) is 0 Å². The van der Waals surface area contributed by atoms with Gasteiger partial charge in [-0.3, -0.25) is 0 Å². The van der Waals surface area contributed by atoms with Crippen molar-refractivity contribution in [3.63, 3.8) is 0 Å². The minimum absolute atomic E-state index is 0.0528. The van der Waals surface area contributed by atoms with Crippen LogP contribution in [0.15, 0.2) is 89.9 Å². The predicted molar refractivity (Wildman–Crippen MR) is 127 cm³/mol. The molecule has 3 nitrogen and oxygen atoms in total. The number of hydrogen-bond donors (Lipinski definition) is 0. The van der Waals surface area contributed by atoms with Crippen LogP contribution in [-0.2, 0) is 0 Å². The number of aromatic nitrogens is 2. The molecule has 4 rings (SSSR count). The number of para-hydroxylation sites is 1. The van der Waals surface area contributed by atoms with E-state index in [2.05, 4.69) is 48.5 Å². The quantitative estimate of drug-likeness (QED) is 0.281. The second-order valence-electron chi connectivity index (χ2n) is 6.46. The molecule has 144 valence electrons. The maximum absolute atomic E-state index is 4.96. The first-order chi connectivity index (χ1) is 14.3. The van der Waals surface area contributed by atoms with Gasteiger partial charge >= 0.3 is 0 Å². The first-order valence-electron chi connectivity index (χ1n) is 9.33. The van der Waals surface area contributed by atoms with Gasteiger partial charge in [0, 0.05) is 5.39 Å². The molecule has 1 aromatic heterocycles. The van der Waals surface area contributed by atoms with E-state index < -0.39 is 0 Å². The Morgan fingerprint density at radius 1 is 0.724 bits per heavy atom. The molecule has 0 N–H and O–H groups in total. The van der Waals surface area contributed by atoms with Crippen molar-refractivity contribution >= 4 is 44.6 Å². The maximum atomic E-state index is 4.96. The summed E-state index contributed by atoms with van der Waals surface area (Å²) in [5, 5.41) is 0.969. The smallest absolute Gasteiger partial charge is 0.165 e. The van der Waals surface area contributed by atoms with Crippen molar-refractivity contribution in [3.05, 3.63) is 102 Å². The Morgan fingerprint density at radius 2 is 1.28 bits per heavy atom. The number of rotatable bonds is 4. The molecule has 0 bridgehead atoms. The summed E-state index contributed by atoms with van der Waals surface area (Å²) >= 11 is 3.27. The average molecular weight is 416 g/mol. The molecule has 0 amide bonds. The van der Waals surface area contributed by atoms with Crippen molar-refractivity contribution in [3.8, 4) is 0 Å². The summed E-state index contributed by atoms with van der Waals surface area (Å²) in [6.45, 7) is 0. The lowest BCUT2D eigenvalue weighted by atomic mass is 9.90. The van der Waals surface area contributed by atoms with E-state index in [9.17, 15) is 0 Å². The molecule has 1 heterocycles. The Kier molecular flexibility index (Phi) is 6.27. The van der Waals surface area contributed by atoms with Crippen LogP contribution in [0.2, 0.25) is 0 Å². The molecular formula is C24H21N3S2.